The van der Waals surface area contributed by atoms with E-state index in [2.05, 4.69) is 0 Å². The highest BCUT2D eigenvalue weighted by Gasteiger charge is 2.23. The number of halogens is 6. The van der Waals surface area contributed by atoms with Crippen molar-refractivity contribution in [3.05, 3.63) is 70.0 Å². The summed E-state index contributed by atoms with van der Waals surface area (Å²) in [7, 11) is 0. The van der Waals surface area contributed by atoms with Gasteiger partial charge in [-0.3, -0.25) is 0 Å². The standard InChI is InChI=1S/C14H8ClF5/c1-6-4-8(11(18)5-10(6)17)12(15)7-2-3-9(16)14(20)13(7)19/h2-5,12H,1H3. The highest BCUT2D eigenvalue weighted by atomic mass is 35.5. The molecule has 2 aromatic carbocycles. The first-order valence-corrected chi connectivity index (χ1v) is 5.99. The van der Waals surface area contributed by atoms with Crippen LogP contribution >= 0.6 is 11.6 Å². The van der Waals surface area contributed by atoms with E-state index < -0.39 is 40.0 Å². The third-order valence-electron chi connectivity index (χ3n) is 2.89. The van der Waals surface area contributed by atoms with E-state index in [1.807, 2.05) is 0 Å². The molecule has 106 valence electrons. The Morgan fingerprint density at radius 1 is 0.800 bits per heavy atom. The van der Waals surface area contributed by atoms with Crippen LogP contribution in [-0.2, 0) is 0 Å². The molecule has 0 heterocycles. The number of hydrogen-bond donors (Lipinski definition) is 0. The van der Waals surface area contributed by atoms with Gasteiger partial charge in [-0.2, -0.15) is 0 Å². The average molecular weight is 307 g/mol. The zero-order valence-electron chi connectivity index (χ0n) is 10.2. The summed E-state index contributed by atoms with van der Waals surface area (Å²) in [5.41, 5.74) is -0.527. The third-order valence-corrected chi connectivity index (χ3v) is 3.36. The second kappa shape index (κ2) is 5.40. The molecular formula is C14H8ClF5. The van der Waals surface area contributed by atoms with Gasteiger partial charge in [0.1, 0.15) is 11.6 Å². The molecule has 0 fully saturated rings. The van der Waals surface area contributed by atoms with Crippen molar-refractivity contribution in [1.82, 2.24) is 0 Å². The Morgan fingerprint density at radius 3 is 2.10 bits per heavy atom. The monoisotopic (exact) mass is 306 g/mol. The molecule has 0 amide bonds. The smallest absolute Gasteiger partial charge is 0.194 e. The van der Waals surface area contributed by atoms with Gasteiger partial charge in [-0.05, 0) is 24.6 Å². The Kier molecular flexibility index (Phi) is 3.99. The van der Waals surface area contributed by atoms with Crippen LogP contribution in [0.1, 0.15) is 22.1 Å². The van der Waals surface area contributed by atoms with E-state index in [0.717, 1.165) is 12.1 Å². The molecular weight excluding hydrogens is 299 g/mol. The van der Waals surface area contributed by atoms with Gasteiger partial charge in [0, 0.05) is 17.2 Å². The predicted molar refractivity (Wildman–Crippen MR) is 65.1 cm³/mol. The van der Waals surface area contributed by atoms with Crippen LogP contribution in [0.4, 0.5) is 22.0 Å². The van der Waals surface area contributed by atoms with Crippen LogP contribution in [0.25, 0.3) is 0 Å². The van der Waals surface area contributed by atoms with Gasteiger partial charge < -0.3 is 0 Å². The average Bonchev–Trinajstić information content (AvgIpc) is 2.40. The Labute approximate surface area is 116 Å². The first-order valence-electron chi connectivity index (χ1n) is 5.56. The summed E-state index contributed by atoms with van der Waals surface area (Å²) in [5, 5.41) is -1.40. The Balaban J connectivity index is 2.55. The molecule has 0 spiro atoms. The van der Waals surface area contributed by atoms with Gasteiger partial charge in [0.05, 0.1) is 5.38 Å². The van der Waals surface area contributed by atoms with Crippen molar-refractivity contribution < 1.29 is 22.0 Å². The lowest BCUT2D eigenvalue weighted by Gasteiger charge is -2.14. The number of benzene rings is 2. The molecule has 0 aliphatic heterocycles. The minimum absolute atomic E-state index is 0.107. The van der Waals surface area contributed by atoms with E-state index in [1.165, 1.54) is 6.92 Å². The topological polar surface area (TPSA) is 0 Å². The molecule has 6 heteroatoms. The van der Waals surface area contributed by atoms with Crippen LogP contribution in [0, 0.1) is 36.0 Å². The molecule has 2 rings (SSSR count). The van der Waals surface area contributed by atoms with Crippen molar-refractivity contribution in [3.63, 3.8) is 0 Å². The molecule has 0 radical (unpaired) electrons. The molecule has 1 unspecified atom stereocenters. The fraction of sp³-hybridized carbons (Fsp3) is 0.143. The summed E-state index contributed by atoms with van der Waals surface area (Å²) in [6.45, 7) is 1.38. The maximum atomic E-state index is 13.7. The third kappa shape index (κ3) is 2.50. The van der Waals surface area contributed by atoms with Gasteiger partial charge in [0.2, 0.25) is 0 Å². The minimum Gasteiger partial charge on any atom is -0.207 e. The van der Waals surface area contributed by atoms with Crippen LogP contribution < -0.4 is 0 Å². The van der Waals surface area contributed by atoms with Gasteiger partial charge in [0.25, 0.3) is 0 Å². The summed E-state index contributed by atoms with van der Waals surface area (Å²) < 4.78 is 66.4. The van der Waals surface area contributed by atoms with Gasteiger partial charge in [-0.15, -0.1) is 11.6 Å². The zero-order valence-corrected chi connectivity index (χ0v) is 10.9. The van der Waals surface area contributed by atoms with Crippen molar-refractivity contribution in [1.29, 1.82) is 0 Å². The molecule has 0 aliphatic carbocycles. The summed E-state index contributed by atoms with van der Waals surface area (Å²) in [5.74, 6) is -6.32. The maximum Gasteiger partial charge on any atom is 0.194 e. The van der Waals surface area contributed by atoms with E-state index >= 15 is 0 Å². The van der Waals surface area contributed by atoms with E-state index in [9.17, 15) is 22.0 Å². The first kappa shape index (κ1) is 14.8. The highest BCUT2D eigenvalue weighted by molar-refractivity contribution is 6.22. The Bertz CT molecular complexity index is 667. The van der Waals surface area contributed by atoms with Crippen LogP contribution in [-0.4, -0.2) is 0 Å². The van der Waals surface area contributed by atoms with Gasteiger partial charge >= 0.3 is 0 Å². The second-order valence-electron chi connectivity index (χ2n) is 4.25. The quantitative estimate of drug-likeness (QED) is 0.415. The molecule has 0 aromatic heterocycles. The number of rotatable bonds is 2. The molecule has 0 saturated carbocycles. The number of hydrogen-bond acceptors (Lipinski definition) is 0. The normalized spacial score (nSPS) is 12.6. The van der Waals surface area contributed by atoms with Crippen LogP contribution in [0.15, 0.2) is 24.3 Å². The van der Waals surface area contributed by atoms with Gasteiger partial charge in [-0.1, -0.05) is 6.07 Å². The van der Waals surface area contributed by atoms with Crippen molar-refractivity contribution in [2.24, 2.45) is 0 Å². The highest BCUT2D eigenvalue weighted by Crippen LogP contribution is 2.34. The van der Waals surface area contributed by atoms with Crippen molar-refractivity contribution >= 4 is 11.6 Å². The molecule has 0 nitrogen and oxygen atoms in total. The second-order valence-corrected chi connectivity index (χ2v) is 4.69. The fourth-order valence-corrected chi connectivity index (χ4v) is 2.11. The Hall–Kier alpha value is -1.62. The number of alkyl halides is 1. The van der Waals surface area contributed by atoms with E-state index in [-0.39, 0.29) is 11.1 Å². The van der Waals surface area contributed by atoms with E-state index in [4.69, 9.17) is 11.6 Å². The van der Waals surface area contributed by atoms with Crippen LogP contribution in [0.3, 0.4) is 0 Å². The summed E-state index contributed by atoms with van der Waals surface area (Å²) in [6.07, 6.45) is 0. The zero-order chi connectivity index (χ0) is 15.0. The molecule has 2 aromatic rings. The summed E-state index contributed by atoms with van der Waals surface area (Å²) in [6, 6.07) is 3.32. The van der Waals surface area contributed by atoms with Crippen LogP contribution in [0.5, 0.6) is 0 Å². The molecule has 0 N–H and O–H groups in total. The lowest BCUT2D eigenvalue weighted by molar-refractivity contribution is 0.441. The van der Waals surface area contributed by atoms with Crippen molar-refractivity contribution in [2.75, 3.05) is 0 Å². The predicted octanol–water partition coefficient (Wildman–Crippen LogP) is 5.02. The molecule has 0 saturated heterocycles. The molecule has 20 heavy (non-hydrogen) atoms. The summed E-state index contributed by atoms with van der Waals surface area (Å²) >= 11 is 5.90. The Morgan fingerprint density at radius 2 is 1.45 bits per heavy atom. The van der Waals surface area contributed by atoms with Crippen molar-refractivity contribution in [2.45, 2.75) is 12.3 Å². The maximum absolute atomic E-state index is 13.7. The molecule has 0 aliphatic rings. The van der Waals surface area contributed by atoms with Gasteiger partial charge in [-0.25, -0.2) is 22.0 Å². The first-order chi connectivity index (χ1) is 9.32. The lowest BCUT2D eigenvalue weighted by atomic mass is 10.0. The SMILES string of the molecule is Cc1cc(C(Cl)c2ccc(F)c(F)c2F)c(F)cc1F. The van der Waals surface area contributed by atoms with Gasteiger partial charge in [0.15, 0.2) is 17.5 Å². The lowest BCUT2D eigenvalue weighted by Crippen LogP contribution is -2.04. The van der Waals surface area contributed by atoms with E-state index in [0.29, 0.717) is 12.1 Å². The fourth-order valence-electron chi connectivity index (χ4n) is 1.78. The molecule has 0 bridgehead atoms. The summed E-state index contributed by atoms with van der Waals surface area (Å²) in [4.78, 5) is 0. The largest absolute Gasteiger partial charge is 0.207 e. The molecule has 1 atom stereocenters. The van der Waals surface area contributed by atoms with E-state index in [1.54, 1.807) is 0 Å². The van der Waals surface area contributed by atoms with Crippen molar-refractivity contribution in [3.8, 4) is 0 Å². The number of aryl methyl sites for hydroxylation is 1. The minimum atomic E-state index is -1.69. The van der Waals surface area contributed by atoms with Crippen LogP contribution in [0.2, 0.25) is 0 Å².